The van der Waals surface area contributed by atoms with Crippen LogP contribution in [0.4, 0.5) is 18.9 Å². The molecule has 2 amide bonds. The lowest BCUT2D eigenvalue weighted by Crippen LogP contribution is -2.45. The van der Waals surface area contributed by atoms with Crippen LogP contribution in [0.3, 0.4) is 0 Å². The second kappa shape index (κ2) is 8.66. The Balaban J connectivity index is 1.54. The lowest BCUT2D eigenvalue weighted by molar-refractivity contribution is -0.137. The first-order valence-corrected chi connectivity index (χ1v) is 11.0. The molecule has 1 aromatic heterocycles. The molecule has 2 aromatic rings. The Kier molecular flexibility index (Phi) is 6.02. The van der Waals surface area contributed by atoms with Crippen LogP contribution in [0.25, 0.3) is 0 Å². The molecule has 4 rings (SSSR count). The van der Waals surface area contributed by atoms with Crippen molar-refractivity contribution in [3.05, 3.63) is 47.3 Å². The van der Waals surface area contributed by atoms with Crippen molar-refractivity contribution in [3.63, 3.8) is 0 Å². The molecule has 8 nitrogen and oxygen atoms in total. The van der Waals surface area contributed by atoms with Gasteiger partial charge in [0.2, 0.25) is 5.91 Å². The number of nitrogens with one attached hydrogen (secondary N) is 1. The number of hydrogen-bond donors (Lipinski definition) is 1. The Bertz CT molecular complexity index is 1140. The molecule has 0 saturated carbocycles. The van der Waals surface area contributed by atoms with Gasteiger partial charge >= 0.3 is 6.18 Å². The summed E-state index contributed by atoms with van der Waals surface area (Å²) in [6.07, 6.45) is -1.35. The van der Waals surface area contributed by atoms with Crippen LogP contribution in [-0.2, 0) is 18.0 Å². The summed E-state index contributed by atoms with van der Waals surface area (Å²) in [4.78, 5) is 29.3. The van der Waals surface area contributed by atoms with E-state index < -0.39 is 23.3 Å². The number of carbonyl (C=O) groups excluding carboxylic acids is 2. The van der Waals surface area contributed by atoms with Gasteiger partial charge < -0.3 is 15.1 Å². The van der Waals surface area contributed by atoms with E-state index in [1.165, 1.54) is 30.1 Å². The SMILES string of the molecule is CNC(=O)C1CC2(CCN(c3ccc(C#N)c(C(F)(F)F)c3)CC2)CN1C(=O)c1ccnn1C. The van der Waals surface area contributed by atoms with Gasteiger partial charge in [0, 0.05) is 45.6 Å². The minimum atomic E-state index is -4.61. The highest BCUT2D eigenvalue weighted by molar-refractivity contribution is 5.96. The van der Waals surface area contributed by atoms with E-state index in [9.17, 15) is 22.8 Å². The van der Waals surface area contributed by atoms with Crippen molar-refractivity contribution < 1.29 is 22.8 Å². The molecule has 0 aliphatic carbocycles. The molecule has 11 heteroatoms. The second-order valence-electron chi connectivity index (χ2n) is 8.93. The molecule has 1 aromatic carbocycles. The maximum Gasteiger partial charge on any atom is 0.417 e. The Morgan fingerprint density at radius 1 is 1.24 bits per heavy atom. The molecule has 3 heterocycles. The molecule has 2 aliphatic rings. The maximum absolute atomic E-state index is 13.4. The molecule has 2 aliphatic heterocycles. The number of piperidine rings is 1. The van der Waals surface area contributed by atoms with Gasteiger partial charge in [0.1, 0.15) is 11.7 Å². The van der Waals surface area contributed by atoms with Crippen LogP contribution < -0.4 is 10.2 Å². The Morgan fingerprint density at radius 2 is 1.94 bits per heavy atom. The smallest absolute Gasteiger partial charge is 0.371 e. The van der Waals surface area contributed by atoms with Gasteiger partial charge in [0.25, 0.3) is 5.91 Å². The standard InChI is InChI=1S/C23H25F3N6O2/c1-28-20(33)19-12-22(14-32(19)21(34)18-5-8-29-30(18)2)6-9-31(10-7-22)16-4-3-15(13-27)17(11-16)23(24,25)26/h3-5,8,11,19H,6-7,9-10,12,14H2,1-2H3,(H,28,33). The van der Waals surface area contributed by atoms with Crippen molar-refractivity contribution in [2.45, 2.75) is 31.5 Å². The lowest BCUT2D eigenvalue weighted by Gasteiger charge is -2.40. The largest absolute Gasteiger partial charge is 0.417 e. The van der Waals surface area contributed by atoms with Gasteiger partial charge in [-0.05, 0) is 48.9 Å². The summed E-state index contributed by atoms with van der Waals surface area (Å²) >= 11 is 0. The molecule has 1 unspecified atom stereocenters. The summed E-state index contributed by atoms with van der Waals surface area (Å²) in [7, 11) is 3.20. The van der Waals surface area contributed by atoms with Gasteiger partial charge in [-0.3, -0.25) is 14.3 Å². The first-order valence-electron chi connectivity index (χ1n) is 11.0. The van der Waals surface area contributed by atoms with Gasteiger partial charge in [-0.15, -0.1) is 0 Å². The molecule has 1 atom stereocenters. The molecule has 2 saturated heterocycles. The topological polar surface area (TPSA) is 94.3 Å². The minimum Gasteiger partial charge on any atom is -0.371 e. The third-order valence-corrected chi connectivity index (χ3v) is 6.98. The van der Waals surface area contributed by atoms with E-state index in [4.69, 9.17) is 5.26 Å². The number of aromatic nitrogens is 2. The first-order chi connectivity index (χ1) is 16.1. The Morgan fingerprint density at radius 3 is 2.50 bits per heavy atom. The molecular weight excluding hydrogens is 449 g/mol. The zero-order valence-electron chi connectivity index (χ0n) is 18.9. The molecular formula is C23H25F3N6O2. The maximum atomic E-state index is 13.4. The van der Waals surface area contributed by atoms with Gasteiger partial charge in [-0.1, -0.05) is 0 Å². The van der Waals surface area contributed by atoms with Gasteiger partial charge in [-0.2, -0.15) is 23.5 Å². The fraction of sp³-hybridized carbons (Fsp3) is 0.478. The third kappa shape index (κ3) is 4.20. The predicted octanol–water partition coefficient (Wildman–Crippen LogP) is 2.56. The number of carbonyl (C=O) groups is 2. The third-order valence-electron chi connectivity index (χ3n) is 6.98. The number of halogens is 3. The Labute approximate surface area is 194 Å². The molecule has 2 fully saturated rings. The first kappa shape index (κ1) is 23.6. The number of anilines is 1. The van der Waals surface area contributed by atoms with E-state index in [0.717, 1.165) is 6.07 Å². The number of aryl methyl sites for hydroxylation is 1. The molecule has 1 N–H and O–H groups in total. The van der Waals surface area contributed by atoms with Crippen molar-refractivity contribution in [3.8, 4) is 6.07 Å². The summed E-state index contributed by atoms with van der Waals surface area (Å²) in [6.45, 7) is 1.36. The van der Waals surface area contributed by atoms with E-state index >= 15 is 0 Å². The van der Waals surface area contributed by atoms with Crippen LogP contribution in [0.1, 0.15) is 40.9 Å². The van der Waals surface area contributed by atoms with E-state index in [1.807, 2.05) is 4.90 Å². The van der Waals surface area contributed by atoms with Crippen LogP contribution in [0.5, 0.6) is 0 Å². The van der Waals surface area contributed by atoms with Crippen molar-refractivity contribution in [1.29, 1.82) is 5.26 Å². The van der Waals surface area contributed by atoms with E-state index in [2.05, 4.69) is 10.4 Å². The number of likely N-dealkylation sites (tertiary alicyclic amines) is 1. The quantitative estimate of drug-likeness (QED) is 0.738. The van der Waals surface area contributed by atoms with E-state index in [-0.39, 0.29) is 17.2 Å². The summed E-state index contributed by atoms with van der Waals surface area (Å²) in [5.74, 6) is -0.508. The number of rotatable bonds is 3. The Hall–Kier alpha value is -3.55. The van der Waals surface area contributed by atoms with Crippen LogP contribution in [0, 0.1) is 16.7 Å². The van der Waals surface area contributed by atoms with E-state index in [0.29, 0.717) is 50.3 Å². The number of alkyl halides is 3. The predicted molar refractivity (Wildman–Crippen MR) is 117 cm³/mol. The van der Waals surface area contributed by atoms with Gasteiger partial charge in [-0.25, -0.2) is 0 Å². The second-order valence-corrected chi connectivity index (χ2v) is 8.93. The monoisotopic (exact) mass is 474 g/mol. The summed E-state index contributed by atoms with van der Waals surface area (Å²) < 4.78 is 41.6. The highest BCUT2D eigenvalue weighted by atomic mass is 19.4. The molecule has 180 valence electrons. The molecule has 34 heavy (non-hydrogen) atoms. The van der Waals surface area contributed by atoms with Gasteiger partial charge in [0.05, 0.1) is 17.2 Å². The summed E-state index contributed by atoms with van der Waals surface area (Å²) in [5, 5.41) is 15.7. The number of nitriles is 1. The number of benzene rings is 1. The number of likely N-dealkylation sites (N-methyl/N-ethyl adjacent to an activating group) is 1. The fourth-order valence-electron chi connectivity index (χ4n) is 5.06. The minimum absolute atomic E-state index is 0.239. The van der Waals surface area contributed by atoms with E-state index in [1.54, 1.807) is 24.1 Å². The molecule has 0 radical (unpaired) electrons. The normalized spacial score (nSPS) is 19.8. The van der Waals surface area contributed by atoms with Crippen molar-refractivity contribution >= 4 is 17.5 Å². The zero-order chi connectivity index (χ0) is 24.7. The average molecular weight is 474 g/mol. The number of amides is 2. The fourth-order valence-corrected chi connectivity index (χ4v) is 5.06. The van der Waals surface area contributed by atoms with Crippen molar-refractivity contribution in [1.82, 2.24) is 20.0 Å². The zero-order valence-corrected chi connectivity index (χ0v) is 18.9. The van der Waals surface area contributed by atoms with Crippen molar-refractivity contribution in [2.75, 3.05) is 31.6 Å². The summed E-state index contributed by atoms with van der Waals surface area (Å²) in [5.41, 5.74) is -0.855. The van der Waals surface area contributed by atoms with Crippen LogP contribution in [0.2, 0.25) is 0 Å². The highest BCUT2D eigenvalue weighted by Crippen LogP contribution is 2.45. The van der Waals surface area contributed by atoms with Crippen molar-refractivity contribution in [2.24, 2.45) is 12.5 Å². The molecule has 1 spiro atoms. The number of hydrogen-bond acceptors (Lipinski definition) is 5. The average Bonchev–Trinajstić information content (AvgIpc) is 3.41. The van der Waals surface area contributed by atoms with Crippen LogP contribution in [0.15, 0.2) is 30.5 Å². The number of nitrogens with zero attached hydrogens (tertiary/aromatic N) is 5. The lowest BCUT2D eigenvalue weighted by atomic mass is 9.76. The summed E-state index contributed by atoms with van der Waals surface area (Å²) in [6, 6.07) is 6.36. The van der Waals surface area contributed by atoms with Gasteiger partial charge in [0.15, 0.2) is 0 Å². The van der Waals surface area contributed by atoms with Crippen LogP contribution >= 0.6 is 0 Å². The highest BCUT2D eigenvalue weighted by Gasteiger charge is 2.50. The van der Waals surface area contributed by atoms with Crippen LogP contribution in [-0.4, -0.2) is 59.2 Å². The molecule has 0 bridgehead atoms.